The Bertz CT molecular complexity index is 420. The van der Waals surface area contributed by atoms with Gasteiger partial charge in [-0.05, 0) is 31.9 Å². The van der Waals surface area contributed by atoms with E-state index < -0.39 is 0 Å². The summed E-state index contributed by atoms with van der Waals surface area (Å²) in [5.74, 6) is -0.0632. The number of anilines is 1. The highest BCUT2D eigenvalue weighted by Crippen LogP contribution is 2.16. The average molecular weight is 249 g/mol. The molecule has 2 rings (SSSR count). The first-order valence-corrected chi connectivity index (χ1v) is 6.33. The summed E-state index contributed by atoms with van der Waals surface area (Å²) in [7, 11) is 0. The molecule has 1 fully saturated rings. The van der Waals surface area contributed by atoms with E-state index in [4.69, 9.17) is 10.5 Å². The van der Waals surface area contributed by atoms with Crippen LogP contribution >= 0.6 is 0 Å². The van der Waals surface area contributed by atoms with E-state index in [1.54, 1.807) is 23.2 Å². The summed E-state index contributed by atoms with van der Waals surface area (Å²) in [6.45, 7) is 4.06. The maximum atomic E-state index is 12.3. The Morgan fingerprint density at radius 3 is 3.22 bits per heavy atom. The van der Waals surface area contributed by atoms with E-state index >= 15 is 0 Å². The molecule has 1 aromatic heterocycles. The van der Waals surface area contributed by atoms with Crippen LogP contribution in [-0.4, -0.2) is 41.6 Å². The number of rotatable bonds is 3. The van der Waals surface area contributed by atoms with Gasteiger partial charge in [0.05, 0.1) is 6.10 Å². The van der Waals surface area contributed by atoms with Gasteiger partial charge in [-0.15, -0.1) is 0 Å². The predicted octanol–water partition coefficient (Wildman–Crippen LogP) is 1.30. The second-order valence-electron chi connectivity index (χ2n) is 4.45. The fourth-order valence-corrected chi connectivity index (χ4v) is 2.22. The van der Waals surface area contributed by atoms with Crippen LogP contribution < -0.4 is 5.73 Å². The fraction of sp³-hybridized carbons (Fsp3) is 0.538. The first-order chi connectivity index (χ1) is 8.70. The molecule has 1 unspecified atom stereocenters. The number of ether oxygens (including phenoxy) is 1. The minimum Gasteiger partial charge on any atom is -0.399 e. The highest BCUT2D eigenvalue weighted by Gasteiger charge is 2.25. The summed E-state index contributed by atoms with van der Waals surface area (Å²) >= 11 is 0. The first kappa shape index (κ1) is 12.8. The number of nitrogens with two attached hydrogens (primary N) is 1. The quantitative estimate of drug-likeness (QED) is 0.876. The molecule has 0 saturated carbocycles. The number of hydrogen-bond acceptors (Lipinski definition) is 4. The third kappa shape index (κ3) is 2.98. The zero-order valence-electron chi connectivity index (χ0n) is 10.6. The van der Waals surface area contributed by atoms with Crippen molar-refractivity contribution in [3.8, 4) is 0 Å². The molecule has 18 heavy (non-hydrogen) atoms. The Morgan fingerprint density at radius 1 is 1.67 bits per heavy atom. The van der Waals surface area contributed by atoms with Crippen LogP contribution in [0.3, 0.4) is 0 Å². The minimum absolute atomic E-state index is 0.0632. The summed E-state index contributed by atoms with van der Waals surface area (Å²) in [6.07, 6.45) is 3.70. The Hall–Kier alpha value is -1.62. The molecular formula is C13H19N3O2. The molecule has 1 atom stereocenters. The molecule has 0 aliphatic carbocycles. The van der Waals surface area contributed by atoms with E-state index in [1.807, 2.05) is 6.92 Å². The number of carbonyl (C=O) groups excluding carboxylic acids is 1. The second-order valence-corrected chi connectivity index (χ2v) is 4.45. The first-order valence-electron chi connectivity index (χ1n) is 6.33. The van der Waals surface area contributed by atoms with Crippen LogP contribution in [0.25, 0.3) is 0 Å². The van der Waals surface area contributed by atoms with Crippen molar-refractivity contribution in [3.63, 3.8) is 0 Å². The SMILES string of the molecule is CCOC1CCCN(C(=O)c2cc(N)ccn2)C1. The highest BCUT2D eigenvalue weighted by molar-refractivity contribution is 5.93. The highest BCUT2D eigenvalue weighted by atomic mass is 16.5. The van der Waals surface area contributed by atoms with Gasteiger partial charge in [-0.3, -0.25) is 9.78 Å². The Labute approximate surface area is 107 Å². The number of nitrogens with zero attached hydrogens (tertiary/aromatic N) is 2. The number of piperidine rings is 1. The van der Waals surface area contributed by atoms with Crippen LogP contribution in [-0.2, 0) is 4.74 Å². The van der Waals surface area contributed by atoms with Crippen LogP contribution in [0.15, 0.2) is 18.3 Å². The number of aromatic nitrogens is 1. The lowest BCUT2D eigenvalue weighted by atomic mass is 10.1. The summed E-state index contributed by atoms with van der Waals surface area (Å²) in [6, 6.07) is 3.29. The molecule has 2 heterocycles. The molecule has 1 aromatic rings. The zero-order chi connectivity index (χ0) is 13.0. The van der Waals surface area contributed by atoms with Crippen LogP contribution in [0.4, 0.5) is 5.69 Å². The maximum absolute atomic E-state index is 12.3. The lowest BCUT2D eigenvalue weighted by molar-refractivity contribution is 0.00704. The second kappa shape index (κ2) is 5.82. The Kier molecular flexibility index (Phi) is 4.15. The average Bonchev–Trinajstić information content (AvgIpc) is 2.39. The molecule has 5 heteroatoms. The monoisotopic (exact) mass is 249 g/mol. The molecular weight excluding hydrogens is 230 g/mol. The fourth-order valence-electron chi connectivity index (χ4n) is 2.22. The number of amides is 1. The van der Waals surface area contributed by atoms with Gasteiger partial charge >= 0.3 is 0 Å². The molecule has 0 aromatic carbocycles. The zero-order valence-corrected chi connectivity index (χ0v) is 10.6. The van der Waals surface area contributed by atoms with E-state index in [0.29, 0.717) is 24.5 Å². The molecule has 0 radical (unpaired) electrons. The third-order valence-corrected chi connectivity index (χ3v) is 3.07. The van der Waals surface area contributed by atoms with Crippen molar-refractivity contribution in [1.82, 2.24) is 9.88 Å². The summed E-state index contributed by atoms with van der Waals surface area (Å²) < 4.78 is 5.58. The molecule has 2 N–H and O–H groups in total. The Morgan fingerprint density at radius 2 is 2.50 bits per heavy atom. The van der Waals surface area contributed by atoms with E-state index in [2.05, 4.69) is 4.98 Å². The van der Waals surface area contributed by atoms with Gasteiger partial charge in [0.1, 0.15) is 5.69 Å². The van der Waals surface area contributed by atoms with Crippen molar-refractivity contribution in [2.75, 3.05) is 25.4 Å². The lowest BCUT2D eigenvalue weighted by Gasteiger charge is -2.32. The van der Waals surface area contributed by atoms with Gasteiger partial charge < -0.3 is 15.4 Å². The molecule has 0 bridgehead atoms. The van der Waals surface area contributed by atoms with Crippen molar-refractivity contribution in [2.24, 2.45) is 0 Å². The van der Waals surface area contributed by atoms with Crippen molar-refractivity contribution < 1.29 is 9.53 Å². The minimum atomic E-state index is -0.0632. The molecule has 5 nitrogen and oxygen atoms in total. The largest absolute Gasteiger partial charge is 0.399 e. The molecule has 98 valence electrons. The van der Waals surface area contributed by atoms with Gasteiger partial charge in [0.15, 0.2) is 0 Å². The van der Waals surface area contributed by atoms with E-state index in [-0.39, 0.29) is 12.0 Å². The topological polar surface area (TPSA) is 68.5 Å². The number of hydrogen-bond donors (Lipinski definition) is 1. The third-order valence-electron chi connectivity index (χ3n) is 3.07. The number of carbonyl (C=O) groups is 1. The molecule has 0 spiro atoms. The number of nitrogen functional groups attached to an aromatic ring is 1. The summed E-state index contributed by atoms with van der Waals surface area (Å²) in [5, 5.41) is 0. The standard InChI is InChI=1S/C13H19N3O2/c1-2-18-11-4-3-7-16(9-11)13(17)12-8-10(14)5-6-15-12/h5-6,8,11H,2-4,7,9H2,1H3,(H2,14,15). The normalized spacial score (nSPS) is 19.8. The van der Waals surface area contributed by atoms with Crippen molar-refractivity contribution in [3.05, 3.63) is 24.0 Å². The molecule has 1 aliphatic rings. The van der Waals surface area contributed by atoms with Crippen LogP contribution in [0.1, 0.15) is 30.3 Å². The van der Waals surface area contributed by atoms with Crippen LogP contribution in [0.5, 0.6) is 0 Å². The van der Waals surface area contributed by atoms with Crippen molar-refractivity contribution >= 4 is 11.6 Å². The number of pyridine rings is 1. The smallest absolute Gasteiger partial charge is 0.272 e. The van der Waals surface area contributed by atoms with Gasteiger partial charge in [0.25, 0.3) is 5.91 Å². The van der Waals surface area contributed by atoms with E-state index in [1.165, 1.54) is 0 Å². The van der Waals surface area contributed by atoms with Gasteiger partial charge in [0.2, 0.25) is 0 Å². The van der Waals surface area contributed by atoms with Gasteiger partial charge in [-0.1, -0.05) is 0 Å². The maximum Gasteiger partial charge on any atom is 0.272 e. The van der Waals surface area contributed by atoms with Crippen LogP contribution in [0, 0.1) is 0 Å². The van der Waals surface area contributed by atoms with Crippen molar-refractivity contribution in [1.29, 1.82) is 0 Å². The van der Waals surface area contributed by atoms with Gasteiger partial charge in [0, 0.05) is 31.6 Å². The van der Waals surface area contributed by atoms with Crippen molar-refractivity contribution in [2.45, 2.75) is 25.9 Å². The Balaban J connectivity index is 2.04. The van der Waals surface area contributed by atoms with Crippen LogP contribution in [0.2, 0.25) is 0 Å². The lowest BCUT2D eigenvalue weighted by Crippen LogP contribution is -2.43. The molecule has 1 amide bonds. The molecule has 1 aliphatic heterocycles. The predicted molar refractivity (Wildman–Crippen MR) is 69.2 cm³/mol. The summed E-state index contributed by atoms with van der Waals surface area (Å²) in [4.78, 5) is 18.1. The number of likely N-dealkylation sites (tertiary alicyclic amines) is 1. The summed E-state index contributed by atoms with van der Waals surface area (Å²) in [5.41, 5.74) is 6.64. The molecule has 1 saturated heterocycles. The van der Waals surface area contributed by atoms with E-state index in [0.717, 1.165) is 19.4 Å². The van der Waals surface area contributed by atoms with Gasteiger partial charge in [-0.2, -0.15) is 0 Å². The van der Waals surface area contributed by atoms with Gasteiger partial charge in [-0.25, -0.2) is 0 Å². The van der Waals surface area contributed by atoms with E-state index in [9.17, 15) is 4.79 Å².